The standard InChI is InChI=1S/C23H22ClNO6S2/c24-18-8-6-16(7-9-18)19-10-11-20(32-19)33(29,30)25-23(21(27)28)14-22(23,15-31-13-12-26)17-4-2-1-3-5-17/h1-11,25-26H,12-15H2,(H,27,28)/t22-,23+/m1/s1. The van der Waals surface area contributed by atoms with Crippen LogP contribution in [0.3, 0.4) is 0 Å². The van der Waals surface area contributed by atoms with E-state index in [1.54, 1.807) is 60.7 Å². The first-order valence-corrected chi connectivity index (χ1v) is 12.8. The second kappa shape index (κ2) is 9.17. The van der Waals surface area contributed by atoms with Crippen molar-refractivity contribution in [2.45, 2.75) is 21.6 Å². The number of ether oxygens (including phenoxy) is 1. The molecule has 0 radical (unpaired) electrons. The average molecular weight is 508 g/mol. The predicted molar refractivity (Wildman–Crippen MR) is 126 cm³/mol. The van der Waals surface area contributed by atoms with E-state index in [4.69, 9.17) is 21.4 Å². The lowest BCUT2D eigenvalue weighted by Crippen LogP contribution is -2.49. The highest BCUT2D eigenvalue weighted by Gasteiger charge is 2.75. The third-order valence-electron chi connectivity index (χ3n) is 5.82. The van der Waals surface area contributed by atoms with Gasteiger partial charge in [0.2, 0.25) is 0 Å². The fraction of sp³-hybridized carbons (Fsp3) is 0.261. The van der Waals surface area contributed by atoms with E-state index >= 15 is 0 Å². The zero-order valence-corrected chi connectivity index (χ0v) is 19.8. The van der Waals surface area contributed by atoms with Crippen LogP contribution in [0.1, 0.15) is 12.0 Å². The number of rotatable bonds is 10. The van der Waals surface area contributed by atoms with Gasteiger partial charge in [0.1, 0.15) is 9.75 Å². The van der Waals surface area contributed by atoms with Gasteiger partial charge in [-0.25, -0.2) is 8.42 Å². The van der Waals surface area contributed by atoms with E-state index in [9.17, 15) is 18.3 Å². The van der Waals surface area contributed by atoms with Gasteiger partial charge in [-0.05, 0) is 41.8 Å². The molecule has 0 unspecified atom stereocenters. The van der Waals surface area contributed by atoms with Crippen molar-refractivity contribution in [3.05, 3.63) is 77.3 Å². The molecule has 0 bridgehead atoms. The molecule has 33 heavy (non-hydrogen) atoms. The van der Waals surface area contributed by atoms with Gasteiger partial charge < -0.3 is 14.9 Å². The molecule has 174 valence electrons. The number of sulfonamides is 1. The molecular weight excluding hydrogens is 486 g/mol. The highest BCUT2D eigenvalue weighted by atomic mass is 35.5. The van der Waals surface area contributed by atoms with Crippen LogP contribution in [0.4, 0.5) is 0 Å². The third kappa shape index (κ3) is 4.44. The van der Waals surface area contributed by atoms with Gasteiger partial charge in [-0.15, -0.1) is 11.3 Å². The predicted octanol–water partition coefficient (Wildman–Crippen LogP) is 3.52. The Hall–Kier alpha value is -2.27. The lowest BCUT2D eigenvalue weighted by molar-refractivity contribution is -0.141. The highest BCUT2D eigenvalue weighted by molar-refractivity contribution is 7.91. The number of carbonyl (C=O) groups is 1. The number of aliphatic carboxylic acids is 1. The average Bonchev–Trinajstić information content (AvgIpc) is 3.17. The number of aliphatic hydroxyl groups excluding tert-OH is 1. The van der Waals surface area contributed by atoms with Gasteiger partial charge >= 0.3 is 5.97 Å². The lowest BCUT2D eigenvalue weighted by Gasteiger charge is -2.24. The molecule has 0 spiro atoms. The Labute approximate surface area is 200 Å². The normalized spacial score (nSPS) is 22.2. The fourth-order valence-electron chi connectivity index (χ4n) is 4.05. The second-order valence-corrected chi connectivity index (χ2v) is 11.3. The number of thiophene rings is 1. The molecule has 1 aliphatic rings. The van der Waals surface area contributed by atoms with E-state index in [1.165, 1.54) is 6.07 Å². The van der Waals surface area contributed by atoms with Crippen molar-refractivity contribution in [3.63, 3.8) is 0 Å². The Morgan fingerprint density at radius 1 is 1.09 bits per heavy atom. The van der Waals surface area contributed by atoms with Crippen molar-refractivity contribution in [2.75, 3.05) is 19.8 Å². The van der Waals surface area contributed by atoms with Gasteiger partial charge in [0, 0.05) is 9.90 Å². The van der Waals surface area contributed by atoms with E-state index in [-0.39, 0.29) is 30.5 Å². The van der Waals surface area contributed by atoms with Crippen LogP contribution in [0.2, 0.25) is 5.02 Å². The topological polar surface area (TPSA) is 113 Å². The zero-order valence-electron chi connectivity index (χ0n) is 17.4. The zero-order chi connectivity index (χ0) is 23.7. The molecule has 1 heterocycles. The summed E-state index contributed by atoms with van der Waals surface area (Å²) in [6.07, 6.45) is 0.0272. The molecule has 0 amide bonds. The van der Waals surface area contributed by atoms with Crippen LogP contribution in [0.5, 0.6) is 0 Å². The van der Waals surface area contributed by atoms with E-state index < -0.39 is 26.9 Å². The Morgan fingerprint density at radius 3 is 2.42 bits per heavy atom. The summed E-state index contributed by atoms with van der Waals surface area (Å²) < 4.78 is 34.5. The van der Waals surface area contributed by atoms with Crippen LogP contribution in [0.25, 0.3) is 10.4 Å². The van der Waals surface area contributed by atoms with Crippen LogP contribution >= 0.6 is 22.9 Å². The molecule has 3 aromatic rings. The summed E-state index contributed by atoms with van der Waals surface area (Å²) in [6, 6.07) is 19.0. The summed E-state index contributed by atoms with van der Waals surface area (Å²) in [5.41, 5.74) is -1.41. The molecule has 1 fully saturated rings. The maximum atomic E-state index is 13.3. The molecule has 4 rings (SSSR count). The summed E-state index contributed by atoms with van der Waals surface area (Å²) >= 11 is 6.97. The van der Waals surface area contributed by atoms with Crippen LogP contribution in [0.15, 0.2) is 70.9 Å². The number of aliphatic hydroxyl groups is 1. The largest absolute Gasteiger partial charge is 0.480 e. The smallest absolute Gasteiger partial charge is 0.325 e. The SMILES string of the molecule is O=C(O)[C@@]1(NS(=O)(=O)c2ccc(-c3ccc(Cl)cc3)s2)C[C@@]1(COCCO)c1ccccc1. The van der Waals surface area contributed by atoms with E-state index in [0.717, 1.165) is 16.9 Å². The van der Waals surface area contributed by atoms with Crippen molar-refractivity contribution in [1.29, 1.82) is 0 Å². The number of halogens is 1. The van der Waals surface area contributed by atoms with Gasteiger partial charge in [0.15, 0.2) is 0 Å². The van der Waals surface area contributed by atoms with E-state index in [0.29, 0.717) is 15.5 Å². The Kier molecular flexibility index (Phi) is 6.63. The van der Waals surface area contributed by atoms with E-state index in [2.05, 4.69) is 4.72 Å². The van der Waals surface area contributed by atoms with Gasteiger partial charge in [-0.3, -0.25) is 4.79 Å². The molecule has 1 aromatic heterocycles. The summed E-state index contributed by atoms with van der Waals surface area (Å²) in [7, 11) is -4.15. The van der Waals surface area contributed by atoms with Crippen LogP contribution in [-0.4, -0.2) is 50.0 Å². The first-order chi connectivity index (χ1) is 15.7. The summed E-state index contributed by atoms with van der Waals surface area (Å²) in [5.74, 6) is -1.28. The molecule has 10 heteroatoms. The first-order valence-electron chi connectivity index (χ1n) is 10.1. The number of hydrogen-bond acceptors (Lipinski definition) is 6. The number of hydrogen-bond donors (Lipinski definition) is 3. The highest BCUT2D eigenvalue weighted by Crippen LogP contribution is 2.58. The minimum Gasteiger partial charge on any atom is -0.480 e. The molecular formula is C23H22ClNO6S2. The summed E-state index contributed by atoms with van der Waals surface area (Å²) in [4.78, 5) is 13.1. The summed E-state index contributed by atoms with van der Waals surface area (Å²) in [6.45, 7) is -0.251. The van der Waals surface area contributed by atoms with Crippen LogP contribution in [-0.2, 0) is 25.0 Å². The minimum atomic E-state index is -4.15. The molecule has 1 aliphatic carbocycles. The quantitative estimate of drug-likeness (QED) is 0.362. The lowest BCUT2D eigenvalue weighted by atomic mass is 9.91. The number of carboxylic acid groups (broad SMARTS) is 1. The van der Waals surface area contributed by atoms with Crippen molar-refractivity contribution in [1.82, 2.24) is 4.72 Å². The number of carboxylic acids is 1. The van der Waals surface area contributed by atoms with Crippen LogP contribution in [0, 0.1) is 0 Å². The molecule has 3 N–H and O–H groups in total. The molecule has 0 saturated heterocycles. The van der Waals surface area contributed by atoms with Crippen molar-refractivity contribution < 1.29 is 28.2 Å². The summed E-state index contributed by atoms with van der Waals surface area (Å²) in [5, 5.41) is 19.8. The number of benzene rings is 2. The molecule has 2 atom stereocenters. The molecule has 0 aliphatic heterocycles. The molecule has 2 aromatic carbocycles. The maximum absolute atomic E-state index is 13.3. The van der Waals surface area contributed by atoms with E-state index in [1.807, 2.05) is 0 Å². The Bertz CT molecular complexity index is 1250. The third-order valence-corrected chi connectivity index (χ3v) is 9.19. The maximum Gasteiger partial charge on any atom is 0.325 e. The number of nitrogens with one attached hydrogen (secondary N) is 1. The van der Waals surface area contributed by atoms with Gasteiger partial charge in [0.25, 0.3) is 10.0 Å². The molecule has 1 saturated carbocycles. The second-order valence-electron chi connectivity index (χ2n) is 7.84. The van der Waals surface area contributed by atoms with Gasteiger partial charge in [-0.1, -0.05) is 54.1 Å². The molecule has 7 nitrogen and oxygen atoms in total. The first kappa shape index (κ1) is 23.9. The van der Waals surface area contributed by atoms with Crippen molar-refractivity contribution in [3.8, 4) is 10.4 Å². The minimum absolute atomic E-state index is 0.0122. The Balaban J connectivity index is 1.66. The van der Waals surface area contributed by atoms with Crippen molar-refractivity contribution >= 4 is 38.9 Å². The van der Waals surface area contributed by atoms with Crippen molar-refractivity contribution in [2.24, 2.45) is 0 Å². The fourth-order valence-corrected chi connectivity index (χ4v) is 6.92. The Morgan fingerprint density at radius 2 is 1.79 bits per heavy atom. The van der Waals surface area contributed by atoms with Gasteiger partial charge in [0.05, 0.1) is 25.2 Å². The monoisotopic (exact) mass is 507 g/mol. The van der Waals surface area contributed by atoms with Crippen LogP contribution < -0.4 is 4.72 Å². The van der Waals surface area contributed by atoms with Gasteiger partial charge in [-0.2, -0.15) is 4.72 Å².